The van der Waals surface area contributed by atoms with Crippen LogP contribution in [-0.2, 0) is 15.7 Å². The Balaban J connectivity index is 2.86. The van der Waals surface area contributed by atoms with Crippen LogP contribution in [0.15, 0.2) is 30.1 Å². The quantitative estimate of drug-likeness (QED) is 0.334. The molecular formula is C12H13F3N4O2. The molecule has 114 valence electrons. The second kappa shape index (κ2) is 6.73. The molecule has 0 fully saturated rings. The van der Waals surface area contributed by atoms with Crippen LogP contribution in [0.25, 0.3) is 0 Å². The Labute approximate surface area is 118 Å². The number of esters is 1. The van der Waals surface area contributed by atoms with Crippen molar-refractivity contribution in [1.82, 2.24) is 4.98 Å². The van der Waals surface area contributed by atoms with E-state index in [1.165, 1.54) is 0 Å². The summed E-state index contributed by atoms with van der Waals surface area (Å²) in [6, 6.07) is 1.92. The molecule has 9 heteroatoms. The van der Waals surface area contributed by atoms with Gasteiger partial charge in [0.1, 0.15) is 17.2 Å². The molecule has 0 aromatic carbocycles. The topological polar surface area (TPSA) is 101 Å². The zero-order valence-corrected chi connectivity index (χ0v) is 11.0. The van der Waals surface area contributed by atoms with Crippen LogP contribution in [-0.4, -0.2) is 23.4 Å². The largest absolute Gasteiger partial charge is 0.462 e. The zero-order chi connectivity index (χ0) is 16.0. The first kappa shape index (κ1) is 16.5. The number of hydrogen-bond acceptors (Lipinski definition) is 5. The molecule has 0 amide bonds. The monoisotopic (exact) mass is 302 g/mol. The lowest BCUT2D eigenvalue weighted by Crippen LogP contribution is -2.23. The minimum atomic E-state index is -4.48. The number of nitrogens with one attached hydrogen (secondary N) is 2. The zero-order valence-electron chi connectivity index (χ0n) is 11.0. The van der Waals surface area contributed by atoms with Crippen LogP contribution < -0.4 is 11.1 Å². The van der Waals surface area contributed by atoms with E-state index >= 15 is 0 Å². The first-order valence-electron chi connectivity index (χ1n) is 5.77. The maximum Gasteiger partial charge on any atom is 0.417 e. The highest BCUT2D eigenvalue weighted by Crippen LogP contribution is 2.28. The molecular weight excluding hydrogens is 289 g/mol. The molecule has 0 aliphatic heterocycles. The van der Waals surface area contributed by atoms with Gasteiger partial charge in [0.2, 0.25) is 0 Å². The third kappa shape index (κ3) is 4.79. The molecule has 0 radical (unpaired) electrons. The van der Waals surface area contributed by atoms with Crippen LogP contribution in [0.2, 0.25) is 0 Å². The summed E-state index contributed by atoms with van der Waals surface area (Å²) in [5.41, 5.74) is 4.07. The van der Waals surface area contributed by atoms with E-state index in [0.717, 1.165) is 18.3 Å². The molecule has 21 heavy (non-hydrogen) atoms. The Morgan fingerprint density at radius 2 is 2.19 bits per heavy atom. The summed E-state index contributed by atoms with van der Waals surface area (Å²) < 4.78 is 41.7. The van der Waals surface area contributed by atoms with Crippen molar-refractivity contribution in [3.05, 3.63) is 35.7 Å². The van der Waals surface area contributed by atoms with Crippen molar-refractivity contribution in [3.8, 4) is 0 Å². The fourth-order valence-electron chi connectivity index (χ4n) is 1.25. The molecule has 1 heterocycles. The van der Waals surface area contributed by atoms with E-state index in [0.29, 0.717) is 6.20 Å². The third-order valence-electron chi connectivity index (χ3n) is 2.24. The van der Waals surface area contributed by atoms with Crippen molar-refractivity contribution >= 4 is 17.6 Å². The second-order valence-electron chi connectivity index (χ2n) is 3.77. The van der Waals surface area contributed by atoms with Gasteiger partial charge in [-0.25, -0.2) is 9.78 Å². The number of pyridine rings is 1. The molecule has 0 bridgehead atoms. The van der Waals surface area contributed by atoms with E-state index in [9.17, 15) is 18.0 Å². The number of ether oxygens (including phenoxy) is 1. The van der Waals surface area contributed by atoms with Gasteiger partial charge in [0, 0.05) is 12.4 Å². The van der Waals surface area contributed by atoms with Gasteiger partial charge in [-0.2, -0.15) is 13.2 Å². The predicted molar refractivity (Wildman–Crippen MR) is 69.5 cm³/mol. The Morgan fingerprint density at radius 1 is 1.52 bits per heavy atom. The number of nitrogens with two attached hydrogens (primary N) is 1. The van der Waals surface area contributed by atoms with Crippen LogP contribution in [0, 0.1) is 5.41 Å². The van der Waals surface area contributed by atoms with Crippen molar-refractivity contribution in [2.45, 2.75) is 13.1 Å². The number of nitrogens with zero attached hydrogens (tertiary/aromatic N) is 1. The lowest BCUT2D eigenvalue weighted by molar-refractivity contribution is -0.138. The van der Waals surface area contributed by atoms with Gasteiger partial charge in [0.15, 0.2) is 0 Å². The first-order chi connectivity index (χ1) is 9.75. The van der Waals surface area contributed by atoms with E-state index in [-0.39, 0.29) is 18.0 Å². The molecule has 0 unspecified atom stereocenters. The molecule has 0 aliphatic carbocycles. The minimum absolute atomic E-state index is 0.0612. The van der Waals surface area contributed by atoms with Gasteiger partial charge in [-0.1, -0.05) is 0 Å². The van der Waals surface area contributed by atoms with Crippen molar-refractivity contribution in [1.29, 1.82) is 5.41 Å². The Kier molecular flexibility index (Phi) is 5.28. The van der Waals surface area contributed by atoms with Crippen molar-refractivity contribution < 1.29 is 22.7 Å². The first-order valence-corrected chi connectivity index (χ1v) is 5.77. The highest BCUT2D eigenvalue weighted by molar-refractivity contribution is 6.17. The summed E-state index contributed by atoms with van der Waals surface area (Å²) in [4.78, 5) is 15.0. The van der Waals surface area contributed by atoms with E-state index in [4.69, 9.17) is 11.1 Å². The van der Waals surface area contributed by atoms with Gasteiger partial charge in [0.25, 0.3) is 0 Å². The average Bonchev–Trinajstić information content (AvgIpc) is 2.38. The minimum Gasteiger partial charge on any atom is -0.462 e. The highest BCUT2D eigenvalue weighted by Gasteiger charge is 2.30. The number of anilines is 1. The van der Waals surface area contributed by atoms with Gasteiger partial charge in [0.05, 0.1) is 12.2 Å². The standard InChI is InChI=1S/C12H13F3N4O2/c1-2-21-11(20)8(10(16)17)6-19-9-4-3-7(5-18-9)12(13,14)15/h3-6H,2H2,1H3,(H3,16,17)(H,18,19)/b8-6+. The smallest absolute Gasteiger partial charge is 0.417 e. The second-order valence-corrected chi connectivity index (χ2v) is 3.77. The summed E-state index contributed by atoms with van der Waals surface area (Å²) in [6.07, 6.45) is -2.78. The summed E-state index contributed by atoms with van der Waals surface area (Å²) in [7, 11) is 0. The molecule has 6 nitrogen and oxygen atoms in total. The summed E-state index contributed by atoms with van der Waals surface area (Å²) in [6.45, 7) is 1.68. The Hall–Kier alpha value is -2.58. The summed E-state index contributed by atoms with van der Waals surface area (Å²) >= 11 is 0. The highest BCUT2D eigenvalue weighted by atomic mass is 19.4. The van der Waals surface area contributed by atoms with Gasteiger partial charge >= 0.3 is 12.1 Å². The summed E-state index contributed by atoms with van der Waals surface area (Å²) in [5.74, 6) is -1.29. The van der Waals surface area contributed by atoms with Crippen molar-refractivity contribution in [3.63, 3.8) is 0 Å². The van der Waals surface area contributed by atoms with Crippen LogP contribution in [0.4, 0.5) is 19.0 Å². The van der Waals surface area contributed by atoms with Crippen LogP contribution in [0.1, 0.15) is 12.5 Å². The number of hydrogen-bond donors (Lipinski definition) is 3. The fourth-order valence-corrected chi connectivity index (χ4v) is 1.25. The number of carbonyl (C=O) groups excluding carboxylic acids is 1. The lowest BCUT2D eigenvalue weighted by Gasteiger charge is -2.08. The number of halogens is 3. The average molecular weight is 302 g/mol. The number of amidine groups is 1. The Bertz CT molecular complexity index is 553. The predicted octanol–water partition coefficient (Wildman–Crippen LogP) is 1.90. The van der Waals surface area contributed by atoms with Crippen LogP contribution >= 0.6 is 0 Å². The number of carbonyl (C=O) groups is 1. The van der Waals surface area contributed by atoms with E-state index < -0.39 is 23.5 Å². The van der Waals surface area contributed by atoms with E-state index in [1.807, 2.05) is 0 Å². The molecule has 0 saturated carbocycles. The number of aromatic nitrogens is 1. The van der Waals surface area contributed by atoms with Crippen LogP contribution in [0.3, 0.4) is 0 Å². The van der Waals surface area contributed by atoms with Gasteiger partial charge < -0.3 is 15.8 Å². The molecule has 0 atom stereocenters. The Morgan fingerprint density at radius 3 is 2.62 bits per heavy atom. The van der Waals surface area contributed by atoms with Gasteiger partial charge in [-0.3, -0.25) is 5.41 Å². The van der Waals surface area contributed by atoms with E-state index in [1.54, 1.807) is 6.92 Å². The molecule has 1 aromatic heterocycles. The maximum atomic E-state index is 12.4. The normalized spacial score (nSPS) is 11.9. The molecule has 4 N–H and O–H groups in total. The SMILES string of the molecule is CCOC(=O)/C(=C/Nc1ccc(C(F)(F)F)cn1)C(=N)N. The molecule has 0 saturated heterocycles. The molecule has 1 rings (SSSR count). The maximum absolute atomic E-state index is 12.4. The third-order valence-corrected chi connectivity index (χ3v) is 2.24. The summed E-state index contributed by atoms with van der Waals surface area (Å²) in [5, 5.41) is 9.72. The van der Waals surface area contributed by atoms with Gasteiger partial charge in [-0.05, 0) is 19.1 Å². The van der Waals surface area contributed by atoms with Gasteiger partial charge in [-0.15, -0.1) is 0 Å². The molecule has 1 aromatic rings. The number of rotatable bonds is 5. The fraction of sp³-hybridized carbons (Fsp3) is 0.250. The van der Waals surface area contributed by atoms with Crippen molar-refractivity contribution in [2.24, 2.45) is 5.73 Å². The lowest BCUT2D eigenvalue weighted by atomic mass is 10.2. The number of alkyl halides is 3. The van der Waals surface area contributed by atoms with Crippen LogP contribution in [0.5, 0.6) is 0 Å². The molecule has 0 aliphatic rings. The molecule has 0 spiro atoms. The van der Waals surface area contributed by atoms with Crippen molar-refractivity contribution in [2.75, 3.05) is 11.9 Å². The van der Waals surface area contributed by atoms with E-state index in [2.05, 4.69) is 15.0 Å².